The molecule has 0 aliphatic heterocycles. The number of fused-ring (bicyclic) bond motifs is 18. The van der Waals surface area contributed by atoms with Gasteiger partial charge in [-0.1, -0.05) is 149 Å². The topological polar surface area (TPSA) is 0 Å². The van der Waals surface area contributed by atoms with Gasteiger partial charge in [0.2, 0.25) is 0 Å². The molecule has 50 heavy (non-hydrogen) atoms. The summed E-state index contributed by atoms with van der Waals surface area (Å²) in [7, 11) is 0. The zero-order valence-corrected chi connectivity index (χ0v) is 28.7. The van der Waals surface area contributed by atoms with Crippen LogP contribution in [-0.4, -0.2) is 0 Å². The normalized spacial score (nSPS) is 15.5. The molecular formula is C50H34. The highest BCUT2D eigenvalue weighted by Crippen LogP contribution is 2.61. The Bertz CT molecular complexity index is 2970. The van der Waals surface area contributed by atoms with Crippen LogP contribution in [0, 0.1) is 0 Å². The summed E-state index contributed by atoms with van der Waals surface area (Å²) in [6.07, 6.45) is 0. The number of hydrogen-bond donors (Lipinski definition) is 0. The van der Waals surface area contributed by atoms with Gasteiger partial charge in [0, 0.05) is 10.8 Å². The van der Waals surface area contributed by atoms with Crippen molar-refractivity contribution in [3.63, 3.8) is 0 Å². The van der Waals surface area contributed by atoms with E-state index >= 15 is 0 Å². The third kappa shape index (κ3) is 2.95. The van der Waals surface area contributed by atoms with Crippen LogP contribution in [0.3, 0.4) is 0 Å². The molecule has 0 N–H and O–H groups in total. The van der Waals surface area contributed by atoms with Crippen LogP contribution in [0.5, 0.6) is 0 Å². The molecular weight excluding hydrogens is 601 g/mol. The van der Waals surface area contributed by atoms with Gasteiger partial charge in [-0.25, -0.2) is 0 Å². The molecule has 0 amide bonds. The summed E-state index contributed by atoms with van der Waals surface area (Å²) in [5, 5.41) is 19.1. The number of benzene rings is 10. The molecule has 0 aromatic heterocycles. The molecule has 10 aromatic rings. The van der Waals surface area contributed by atoms with Crippen molar-refractivity contribution < 1.29 is 0 Å². The van der Waals surface area contributed by atoms with Crippen molar-refractivity contribution in [2.45, 2.75) is 38.5 Å². The van der Waals surface area contributed by atoms with E-state index < -0.39 is 0 Å². The summed E-state index contributed by atoms with van der Waals surface area (Å²) in [4.78, 5) is 0. The molecule has 0 spiro atoms. The first-order valence-electron chi connectivity index (χ1n) is 18.0. The molecule has 0 radical (unpaired) electrons. The van der Waals surface area contributed by atoms with Gasteiger partial charge in [0.15, 0.2) is 0 Å². The average Bonchev–Trinajstić information content (AvgIpc) is 3.54. The minimum absolute atomic E-state index is 0.136. The van der Waals surface area contributed by atoms with Gasteiger partial charge < -0.3 is 0 Å². The fraction of sp³-hybridized carbons (Fsp3) is 0.120. The summed E-state index contributed by atoms with van der Waals surface area (Å²) in [6.45, 7) is 9.77. The maximum atomic E-state index is 2.54. The van der Waals surface area contributed by atoms with Gasteiger partial charge in [-0.3, -0.25) is 0 Å². The smallest absolute Gasteiger partial charge is 0.0165 e. The summed E-state index contributed by atoms with van der Waals surface area (Å²) in [5.41, 5.74) is 11.2. The fourth-order valence-electron chi connectivity index (χ4n) is 10.8. The molecule has 2 aliphatic rings. The van der Waals surface area contributed by atoms with E-state index in [1.807, 2.05) is 0 Å². The van der Waals surface area contributed by atoms with E-state index in [1.165, 1.54) is 120 Å². The first-order valence-corrected chi connectivity index (χ1v) is 18.0. The highest BCUT2D eigenvalue weighted by Gasteiger charge is 2.42. The minimum atomic E-state index is -0.136. The minimum Gasteiger partial charge on any atom is -0.0616 e. The monoisotopic (exact) mass is 634 g/mol. The van der Waals surface area contributed by atoms with Gasteiger partial charge in [0.25, 0.3) is 0 Å². The lowest BCUT2D eigenvalue weighted by Gasteiger charge is -2.25. The van der Waals surface area contributed by atoms with E-state index in [2.05, 4.69) is 161 Å². The Morgan fingerprint density at radius 2 is 0.620 bits per heavy atom. The highest BCUT2D eigenvalue weighted by atomic mass is 14.4. The lowest BCUT2D eigenvalue weighted by Crippen LogP contribution is -2.16. The second kappa shape index (κ2) is 8.70. The molecule has 12 rings (SSSR count). The average molecular weight is 635 g/mol. The Morgan fingerprint density at radius 3 is 1.00 bits per heavy atom. The molecule has 10 aromatic carbocycles. The van der Waals surface area contributed by atoms with Crippen molar-refractivity contribution >= 4 is 75.4 Å². The van der Waals surface area contributed by atoms with Crippen LogP contribution >= 0.6 is 0 Å². The summed E-state index contributed by atoms with van der Waals surface area (Å²) >= 11 is 0. The largest absolute Gasteiger partial charge is 0.0616 e. The molecule has 234 valence electrons. The zero-order chi connectivity index (χ0) is 33.3. The van der Waals surface area contributed by atoms with Gasteiger partial charge in [-0.15, -0.1) is 0 Å². The predicted octanol–water partition coefficient (Wildman–Crippen LogP) is 13.8. The summed E-state index contributed by atoms with van der Waals surface area (Å²) in [6, 6.07) is 51.1. The first-order chi connectivity index (χ1) is 24.4. The van der Waals surface area contributed by atoms with Crippen LogP contribution in [0.4, 0.5) is 0 Å². The van der Waals surface area contributed by atoms with Crippen LogP contribution in [-0.2, 0) is 10.8 Å². The van der Waals surface area contributed by atoms with Crippen LogP contribution in [0.2, 0.25) is 0 Å². The standard InChI is InChI=1S/C50H34/c1-49(2)39-25-27-21-24-38-42-28(26-40-44(38)46-34-18-10-6-14-30(34)32-16-8-12-20-36(32)48(46)50(40,3)4)22-23-37(41(27)42)43(39)45-33-17-9-5-13-29(33)31-15-7-11-19-35(31)47(45)49/h5-26H,1-4H3. The van der Waals surface area contributed by atoms with Gasteiger partial charge in [-0.05, 0) is 132 Å². The van der Waals surface area contributed by atoms with Crippen LogP contribution in [0.15, 0.2) is 133 Å². The zero-order valence-electron chi connectivity index (χ0n) is 28.7. The molecule has 0 fully saturated rings. The molecule has 0 saturated carbocycles. The van der Waals surface area contributed by atoms with Crippen LogP contribution in [0.25, 0.3) is 97.7 Å². The SMILES string of the molecule is CC1(C)c2cc3ccc4c5c(cc6ccc(c2-c2c1c1ccccc1c1ccccc21)c3c64)C(C)(C)c1c-5c2ccccc2c2ccccc12. The lowest BCUT2D eigenvalue weighted by atomic mass is 9.78. The van der Waals surface area contributed by atoms with Crippen molar-refractivity contribution in [2.24, 2.45) is 0 Å². The third-order valence-electron chi connectivity index (χ3n) is 12.9. The lowest BCUT2D eigenvalue weighted by molar-refractivity contribution is 0.667. The van der Waals surface area contributed by atoms with E-state index in [0.29, 0.717) is 0 Å². The number of hydrogen-bond acceptors (Lipinski definition) is 0. The Kier molecular flexibility index (Phi) is 4.72. The first kappa shape index (κ1) is 27.1. The maximum Gasteiger partial charge on any atom is 0.0165 e. The Labute approximate surface area is 290 Å². The molecule has 0 bridgehead atoms. The molecule has 0 unspecified atom stereocenters. The second-order valence-electron chi connectivity index (χ2n) is 16.0. The van der Waals surface area contributed by atoms with Gasteiger partial charge in [-0.2, -0.15) is 0 Å². The summed E-state index contributed by atoms with van der Waals surface area (Å²) < 4.78 is 0. The maximum absolute atomic E-state index is 2.54. The third-order valence-corrected chi connectivity index (χ3v) is 12.9. The van der Waals surface area contributed by atoms with Crippen molar-refractivity contribution in [3.05, 3.63) is 156 Å². The second-order valence-corrected chi connectivity index (χ2v) is 16.0. The van der Waals surface area contributed by atoms with Crippen molar-refractivity contribution in [2.75, 3.05) is 0 Å². The van der Waals surface area contributed by atoms with Crippen LogP contribution in [0.1, 0.15) is 49.9 Å². The Morgan fingerprint density at radius 1 is 0.300 bits per heavy atom. The van der Waals surface area contributed by atoms with E-state index in [0.717, 1.165) is 0 Å². The van der Waals surface area contributed by atoms with Crippen LogP contribution < -0.4 is 0 Å². The van der Waals surface area contributed by atoms with Crippen molar-refractivity contribution in [1.82, 2.24) is 0 Å². The van der Waals surface area contributed by atoms with E-state index in [1.54, 1.807) is 0 Å². The van der Waals surface area contributed by atoms with Gasteiger partial charge in [0.05, 0.1) is 0 Å². The van der Waals surface area contributed by atoms with Crippen molar-refractivity contribution in [3.8, 4) is 22.3 Å². The molecule has 0 atom stereocenters. The van der Waals surface area contributed by atoms with E-state index in [4.69, 9.17) is 0 Å². The molecule has 0 heterocycles. The quantitative estimate of drug-likeness (QED) is 0.146. The highest BCUT2D eigenvalue weighted by molar-refractivity contribution is 6.32. The Hall–Kier alpha value is -5.72. The molecule has 0 heteroatoms. The van der Waals surface area contributed by atoms with E-state index in [9.17, 15) is 0 Å². The van der Waals surface area contributed by atoms with E-state index in [-0.39, 0.29) is 10.8 Å². The number of rotatable bonds is 0. The Balaban J connectivity index is 1.28. The fourth-order valence-corrected chi connectivity index (χ4v) is 10.8. The molecule has 0 nitrogen and oxygen atoms in total. The van der Waals surface area contributed by atoms with Gasteiger partial charge >= 0.3 is 0 Å². The predicted molar refractivity (Wildman–Crippen MR) is 215 cm³/mol. The van der Waals surface area contributed by atoms with Gasteiger partial charge in [0.1, 0.15) is 0 Å². The summed E-state index contributed by atoms with van der Waals surface area (Å²) in [5.74, 6) is 0. The molecule has 2 aliphatic carbocycles. The molecule has 0 saturated heterocycles. The van der Waals surface area contributed by atoms with Crippen molar-refractivity contribution in [1.29, 1.82) is 0 Å².